The molecule has 16 nitrogen and oxygen atoms in total. The van der Waals surface area contributed by atoms with Crippen LogP contribution in [0.1, 0.15) is 356 Å². The van der Waals surface area contributed by atoms with E-state index in [0.717, 1.165) is 138 Å². The van der Waals surface area contributed by atoms with Gasteiger partial charge in [0.1, 0.15) is 62.9 Å². The molecule has 10 rings (SSSR count). The summed E-state index contributed by atoms with van der Waals surface area (Å²) in [6.45, 7) is 18.9. The Morgan fingerprint density at radius 2 is 0.464 bits per heavy atom. The summed E-state index contributed by atoms with van der Waals surface area (Å²) in [5.74, 6) is 6.72. The Bertz CT molecular complexity index is 3920. The van der Waals surface area contributed by atoms with Gasteiger partial charge in [0, 0.05) is 11.1 Å². The Morgan fingerprint density at radius 1 is 0.236 bits per heavy atom. The molecular weight excluding hydrogens is 1370 g/mol. The fraction of sp³-hybridized carbons (Fsp3) is 0.649. The van der Waals surface area contributed by atoms with Crippen LogP contribution in [-0.4, -0.2) is 89.5 Å². The van der Waals surface area contributed by atoms with Crippen LogP contribution in [0.2, 0.25) is 0 Å². The Morgan fingerprint density at radius 3 is 0.745 bits per heavy atom. The molecule has 8 bridgehead atoms. The van der Waals surface area contributed by atoms with Crippen molar-refractivity contribution < 1.29 is 28.4 Å². The molecule has 0 aliphatic carbocycles. The van der Waals surface area contributed by atoms with Crippen LogP contribution < -0.4 is 28.4 Å². The molecule has 2 aliphatic rings. The minimum Gasteiger partial charge on any atom is -0.493 e. The largest absolute Gasteiger partial charge is 0.493 e. The van der Waals surface area contributed by atoms with Gasteiger partial charge in [0.25, 0.3) is 0 Å². The first-order valence-electron chi connectivity index (χ1n) is 45.0. The molecule has 110 heavy (non-hydrogen) atoms. The number of hydrogen-bond donors (Lipinski definition) is 3. The highest BCUT2D eigenvalue weighted by Gasteiger charge is 2.31. The Balaban J connectivity index is 1.20. The number of fused-ring (bicyclic) bond motifs is 21. The molecule has 4 aromatic carbocycles. The fourth-order valence-corrected chi connectivity index (χ4v) is 15.9. The third-order valence-electron chi connectivity index (χ3n) is 22.3. The SMILES string of the molecule is CCCCCCCCCCOc1ccc(OCCCCCCCCCC)c2c1-c1nc-2nc2[nH]c(nc3nc(nc4[nH]c(n1)c1c(OCCCCCCCCCC)ccc(OCCCCCCCCCC)c41)-c1cc4nc(C)[nH]c4cc1-3)c1c(OCCCCCCCCCC)ccc(OCCCCCCCCCC)c21. The lowest BCUT2D eigenvalue weighted by molar-refractivity contribution is 0.298. The zero-order valence-electron chi connectivity index (χ0n) is 69.4. The van der Waals surface area contributed by atoms with Gasteiger partial charge < -0.3 is 43.4 Å². The van der Waals surface area contributed by atoms with Gasteiger partial charge in [0.05, 0.1) is 83.3 Å². The van der Waals surface area contributed by atoms with Crippen molar-refractivity contribution in [2.24, 2.45) is 0 Å². The second-order valence-corrected chi connectivity index (χ2v) is 31.7. The predicted molar refractivity (Wildman–Crippen MR) is 459 cm³/mol. The van der Waals surface area contributed by atoms with Crippen molar-refractivity contribution in [3.05, 3.63) is 54.4 Å². The minimum absolute atomic E-state index is 0.431. The maximum atomic E-state index is 7.10. The number of nitrogens with one attached hydrogen (secondary N) is 3. The average Bonchev–Trinajstić information content (AvgIpc) is 1.58. The number of nitrogens with zero attached hydrogens (tertiary/aromatic N) is 7. The molecule has 0 atom stereocenters. The van der Waals surface area contributed by atoms with E-state index in [-0.39, 0.29) is 0 Å². The second-order valence-electron chi connectivity index (χ2n) is 31.7. The van der Waals surface area contributed by atoms with E-state index >= 15 is 0 Å². The molecular formula is C94H140N10O6. The topological polar surface area (TPSA) is 193 Å². The van der Waals surface area contributed by atoms with Crippen LogP contribution in [0.4, 0.5) is 0 Å². The smallest absolute Gasteiger partial charge is 0.168 e. The van der Waals surface area contributed by atoms with Gasteiger partial charge in [-0.15, -0.1) is 0 Å². The zero-order chi connectivity index (χ0) is 76.6. The van der Waals surface area contributed by atoms with Crippen molar-refractivity contribution in [1.82, 2.24) is 49.8 Å². The normalized spacial score (nSPS) is 11.9. The van der Waals surface area contributed by atoms with Crippen molar-refractivity contribution in [2.45, 2.75) is 357 Å². The summed E-state index contributed by atoms with van der Waals surface area (Å²) in [6, 6.07) is 16.6. The van der Waals surface area contributed by atoms with E-state index in [1.54, 1.807) is 0 Å². The molecule has 602 valence electrons. The van der Waals surface area contributed by atoms with Crippen molar-refractivity contribution >= 4 is 55.2 Å². The van der Waals surface area contributed by atoms with E-state index in [0.29, 0.717) is 120 Å². The third-order valence-corrected chi connectivity index (χ3v) is 22.3. The molecule has 0 saturated carbocycles. The average molecular weight is 1510 g/mol. The van der Waals surface area contributed by atoms with E-state index in [9.17, 15) is 0 Å². The van der Waals surface area contributed by atoms with E-state index in [4.69, 9.17) is 63.3 Å². The number of unbranched alkanes of at least 4 members (excludes halogenated alkanes) is 42. The van der Waals surface area contributed by atoms with E-state index in [1.165, 1.54) is 231 Å². The number of aryl methyl sites for hydroxylation is 1. The highest BCUT2D eigenvalue weighted by Crippen LogP contribution is 2.49. The lowest BCUT2D eigenvalue weighted by Gasteiger charge is -2.15. The molecule has 16 heteroatoms. The number of ether oxygens (including phenoxy) is 6. The molecule has 4 aromatic heterocycles. The molecule has 0 saturated heterocycles. The number of aromatic amines is 3. The van der Waals surface area contributed by atoms with E-state index in [1.807, 2.05) is 6.92 Å². The standard InChI is InChI=1S/C94H140N10O6/c1-8-14-20-26-32-38-44-50-62-105-75-56-58-77(107-64-52-46-40-34-28-22-16-10-3)83-81(75)89-98-87-71-68-73-74(96-70(7)95-73)69-72(71)88(97-87)99-90-82-76(106-63-51-45-39-33-27-21-15-9-2)57-59-78(108-65-53-47-41-35-29-23-17-11-4)84(82)92(101-90)103-94-86-80(110-67-55-49-43-37-31-25-19-13-6)61-60-79(85(86)93(104-94)102-91(83)100-89)109-66-54-48-42-36-30-24-18-12-5/h56-61,68-69H,8-55,62-67H2,1-7H3,(H,95,96)(H2,97,98,99,100,101,102,103,104). The number of benzene rings is 4. The van der Waals surface area contributed by atoms with Crippen LogP contribution >= 0.6 is 0 Å². The Hall–Kier alpha value is -7.49. The van der Waals surface area contributed by atoms with Crippen LogP contribution in [0.3, 0.4) is 0 Å². The van der Waals surface area contributed by atoms with Gasteiger partial charge in [-0.3, -0.25) is 0 Å². The van der Waals surface area contributed by atoms with Crippen LogP contribution in [0, 0.1) is 6.92 Å². The first-order valence-corrected chi connectivity index (χ1v) is 45.0. The molecule has 0 amide bonds. The minimum atomic E-state index is 0.431. The number of rotatable bonds is 60. The summed E-state index contributed by atoms with van der Waals surface area (Å²) < 4.78 is 42.4. The van der Waals surface area contributed by atoms with Crippen molar-refractivity contribution in [3.8, 4) is 80.0 Å². The van der Waals surface area contributed by atoms with Gasteiger partial charge >= 0.3 is 0 Å². The first kappa shape index (κ1) is 84.9. The van der Waals surface area contributed by atoms with E-state index < -0.39 is 0 Å². The van der Waals surface area contributed by atoms with Crippen LogP contribution in [0.5, 0.6) is 34.5 Å². The fourth-order valence-electron chi connectivity index (χ4n) is 15.9. The summed E-state index contributed by atoms with van der Waals surface area (Å²) >= 11 is 0. The number of aromatic nitrogens is 10. The predicted octanol–water partition coefficient (Wildman–Crippen LogP) is 28.2. The zero-order valence-corrected chi connectivity index (χ0v) is 69.4. The molecule has 2 aliphatic heterocycles. The van der Waals surface area contributed by atoms with E-state index in [2.05, 4.69) is 105 Å². The van der Waals surface area contributed by atoms with Crippen LogP contribution in [0.25, 0.3) is 101 Å². The highest BCUT2D eigenvalue weighted by molar-refractivity contribution is 6.13. The van der Waals surface area contributed by atoms with Crippen molar-refractivity contribution in [1.29, 1.82) is 0 Å². The van der Waals surface area contributed by atoms with Crippen molar-refractivity contribution in [3.63, 3.8) is 0 Å². The van der Waals surface area contributed by atoms with Gasteiger partial charge in [-0.05, 0) is 94.0 Å². The monoisotopic (exact) mass is 1510 g/mol. The molecule has 8 aromatic rings. The first-order chi connectivity index (χ1) is 54.4. The van der Waals surface area contributed by atoms with Gasteiger partial charge in [0.2, 0.25) is 0 Å². The molecule has 0 spiro atoms. The number of H-pyrrole nitrogens is 3. The maximum Gasteiger partial charge on any atom is 0.168 e. The lowest BCUT2D eigenvalue weighted by atomic mass is 10.1. The third kappa shape index (κ3) is 25.5. The number of hydrogen-bond acceptors (Lipinski definition) is 13. The number of imidazole rings is 1. The summed E-state index contributed by atoms with van der Waals surface area (Å²) in [5, 5.41) is 3.02. The van der Waals surface area contributed by atoms with Gasteiger partial charge in [-0.2, -0.15) is 0 Å². The lowest BCUT2D eigenvalue weighted by Crippen LogP contribution is -2.03. The Kier molecular flexibility index (Phi) is 37.4. The summed E-state index contributed by atoms with van der Waals surface area (Å²) in [5.41, 5.74) is 6.83. The van der Waals surface area contributed by atoms with Crippen LogP contribution in [-0.2, 0) is 0 Å². The van der Waals surface area contributed by atoms with Gasteiger partial charge in [-0.25, -0.2) is 34.9 Å². The maximum absolute atomic E-state index is 7.10. The summed E-state index contributed by atoms with van der Waals surface area (Å²) in [6.07, 6.45) is 57.2. The molecule has 6 heterocycles. The molecule has 0 radical (unpaired) electrons. The van der Waals surface area contributed by atoms with Crippen molar-refractivity contribution in [2.75, 3.05) is 39.6 Å². The molecule has 0 unspecified atom stereocenters. The molecule has 0 fully saturated rings. The quantitative estimate of drug-likeness (QED) is 0.0305. The molecule has 3 N–H and O–H groups in total. The van der Waals surface area contributed by atoms with Crippen LogP contribution in [0.15, 0.2) is 48.5 Å². The van der Waals surface area contributed by atoms with Gasteiger partial charge in [0.15, 0.2) is 23.3 Å². The second kappa shape index (κ2) is 48.4. The summed E-state index contributed by atoms with van der Waals surface area (Å²) in [4.78, 5) is 50.4. The Labute approximate surface area is 660 Å². The van der Waals surface area contributed by atoms with Gasteiger partial charge in [-0.1, -0.05) is 311 Å². The summed E-state index contributed by atoms with van der Waals surface area (Å²) in [7, 11) is 0. The highest BCUT2D eigenvalue weighted by atomic mass is 16.5.